The fourth-order valence-corrected chi connectivity index (χ4v) is 2.93. The van der Waals surface area contributed by atoms with E-state index in [1.807, 2.05) is 0 Å². The summed E-state index contributed by atoms with van der Waals surface area (Å²) in [6.07, 6.45) is 6.38. The lowest BCUT2D eigenvalue weighted by molar-refractivity contribution is 0.0194. The molecule has 1 saturated carbocycles. The second kappa shape index (κ2) is 8.03. The van der Waals surface area contributed by atoms with Gasteiger partial charge in [-0.2, -0.15) is 0 Å². The van der Waals surface area contributed by atoms with Crippen LogP contribution in [0.4, 0.5) is 0 Å². The van der Waals surface area contributed by atoms with Crippen LogP contribution in [0, 0.1) is 0 Å². The van der Waals surface area contributed by atoms with Gasteiger partial charge in [0, 0.05) is 18.6 Å². The topological polar surface area (TPSA) is 58.7 Å². The third kappa shape index (κ3) is 4.21. The Morgan fingerprint density at radius 3 is 2.47 bits per heavy atom. The average molecular weight is 244 g/mol. The highest BCUT2D eigenvalue weighted by molar-refractivity contribution is 4.93. The Morgan fingerprint density at radius 2 is 1.94 bits per heavy atom. The Morgan fingerprint density at radius 1 is 1.24 bits per heavy atom. The SMILES string of the molecule is CCN(CCOCCO)C1(CN)CCCCC1. The van der Waals surface area contributed by atoms with Crippen molar-refractivity contribution in [3.8, 4) is 0 Å². The van der Waals surface area contributed by atoms with Crippen LogP contribution < -0.4 is 5.73 Å². The summed E-state index contributed by atoms with van der Waals surface area (Å²) < 4.78 is 5.36. The van der Waals surface area contributed by atoms with Gasteiger partial charge in [0.05, 0.1) is 19.8 Å². The number of aliphatic hydroxyl groups excluding tert-OH is 1. The minimum absolute atomic E-state index is 0.105. The van der Waals surface area contributed by atoms with Crippen LogP contribution in [0.2, 0.25) is 0 Å². The fraction of sp³-hybridized carbons (Fsp3) is 1.00. The number of nitrogens with zero attached hydrogens (tertiary/aromatic N) is 1. The maximum absolute atomic E-state index is 8.68. The van der Waals surface area contributed by atoms with Gasteiger partial charge < -0.3 is 15.6 Å². The number of aliphatic hydroxyl groups is 1. The zero-order valence-electron chi connectivity index (χ0n) is 11.2. The minimum atomic E-state index is 0.105. The van der Waals surface area contributed by atoms with E-state index in [0.717, 1.165) is 19.6 Å². The molecular formula is C13H28N2O2. The van der Waals surface area contributed by atoms with Crippen LogP contribution >= 0.6 is 0 Å². The molecule has 0 spiro atoms. The zero-order chi connectivity index (χ0) is 12.6. The number of hydrogen-bond acceptors (Lipinski definition) is 4. The molecule has 102 valence electrons. The smallest absolute Gasteiger partial charge is 0.0698 e. The van der Waals surface area contributed by atoms with Crippen LogP contribution in [0.3, 0.4) is 0 Å². The van der Waals surface area contributed by atoms with Gasteiger partial charge in [0.1, 0.15) is 0 Å². The molecule has 4 nitrogen and oxygen atoms in total. The van der Waals surface area contributed by atoms with Crippen molar-refractivity contribution in [1.82, 2.24) is 4.90 Å². The molecule has 0 unspecified atom stereocenters. The molecule has 1 aliphatic rings. The lowest BCUT2D eigenvalue weighted by Gasteiger charge is -2.45. The Balaban J connectivity index is 2.44. The van der Waals surface area contributed by atoms with Crippen LogP contribution in [0.5, 0.6) is 0 Å². The van der Waals surface area contributed by atoms with E-state index in [2.05, 4.69) is 11.8 Å². The minimum Gasteiger partial charge on any atom is -0.394 e. The summed E-state index contributed by atoms with van der Waals surface area (Å²) >= 11 is 0. The number of nitrogens with two attached hydrogens (primary N) is 1. The van der Waals surface area contributed by atoms with Gasteiger partial charge >= 0.3 is 0 Å². The van der Waals surface area contributed by atoms with E-state index < -0.39 is 0 Å². The normalized spacial score (nSPS) is 19.8. The molecule has 1 aliphatic carbocycles. The number of ether oxygens (including phenoxy) is 1. The van der Waals surface area contributed by atoms with Crippen molar-refractivity contribution >= 4 is 0 Å². The van der Waals surface area contributed by atoms with E-state index in [0.29, 0.717) is 13.2 Å². The second-order valence-electron chi connectivity index (χ2n) is 4.90. The molecule has 0 heterocycles. The summed E-state index contributed by atoms with van der Waals surface area (Å²) in [7, 11) is 0. The fourth-order valence-electron chi connectivity index (χ4n) is 2.93. The summed E-state index contributed by atoms with van der Waals surface area (Å²) in [5.74, 6) is 0. The molecule has 1 fully saturated rings. The molecule has 0 amide bonds. The van der Waals surface area contributed by atoms with Gasteiger partial charge in [0.15, 0.2) is 0 Å². The third-order valence-electron chi connectivity index (χ3n) is 3.96. The van der Waals surface area contributed by atoms with E-state index in [1.54, 1.807) is 0 Å². The lowest BCUT2D eigenvalue weighted by atomic mass is 9.80. The first-order valence-corrected chi connectivity index (χ1v) is 6.93. The highest BCUT2D eigenvalue weighted by Crippen LogP contribution is 2.32. The van der Waals surface area contributed by atoms with E-state index >= 15 is 0 Å². The Hall–Kier alpha value is -0.160. The van der Waals surface area contributed by atoms with Crippen molar-refractivity contribution in [1.29, 1.82) is 0 Å². The van der Waals surface area contributed by atoms with Gasteiger partial charge in [-0.3, -0.25) is 4.90 Å². The summed E-state index contributed by atoms with van der Waals surface area (Å²) in [4.78, 5) is 2.48. The number of likely N-dealkylation sites (N-methyl/N-ethyl adjacent to an activating group) is 1. The molecule has 1 rings (SSSR count). The molecule has 0 aliphatic heterocycles. The number of rotatable bonds is 8. The van der Waals surface area contributed by atoms with Crippen molar-refractivity contribution in [3.05, 3.63) is 0 Å². The van der Waals surface area contributed by atoms with Crippen molar-refractivity contribution in [2.24, 2.45) is 5.73 Å². The Kier molecular flexibility index (Phi) is 7.04. The maximum atomic E-state index is 8.68. The predicted molar refractivity (Wildman–Crippen MR) is 70.0 cm³/mol. The first-order valence-electron chi connectivity index (χ1n) is 6.93. The van der Waals surface area contributed by atoms with Gasteiger partial charge in [-0.25, -0.2) is 0 Å². The Bertz CT molecular complexity index is 194. The number of hydrogen-bond donors (Lipinski definition) is 2. The van der Waals surface area contributed by atoms with Crippen LogP contribution in [0.15, 0.2) is 0 Å². The van der Waals surface area contributed by atoms with Crippen molar-refractivity contribution in [2.45, 2.75) is 44.6 Å². The van der Waals surface area contributed by atoms with Crippen LogP contribution in [0.1, 0.15) is 39.0 Å². The van der Waals surface area contributed by atoms with E-state index in [1.165, 1.54) is 32.1 Å². The predicted octanol–water partition coefficient (Wildman–Crippen LogP) is 0.979. The van der Waals surface area contributed by atoms with Crippen LogP contribution in [-0.4, -0.2) is 55.0 Å². The standard InChI is InChI=1S/C13H28N2O2/c1-2-15(8-10-17-11-9-16)13(12-14)6-4-3-5-7-13/h16H,2-12,14H2,1H3. The largest absolute Gasteiger partial charge is 0.394 e. The highest BCUT2D eigenvalue weighted by atomic mass is 16.5. The zero-order valence-corrected chi connectivity index (χ0v) is 11.2. The van der Waals surface area contributed by atoms with Crippen molar-refractivity contribution < 1.29 is 9.84 Å². The first kappa shape index (κ1) is 14.9. The van der Waals surface area contributed by atoms with Crippen molar-refractivity contribution in [2.75, 3.05) is 39.5 Å². The molecule has 3 N–H and O–H groups in total. The molecule has 4 heteroatoms. The van der Waals surface area contributed by atoms with E-state index in [9.17, 15) is 0 Å². The van der Waals surface area contributed by atoms with Gasteiger partial charge in [-0.15, -0.1) is 0 Å². The Labute approximate surface area is 105 Å². The van der Waals surface area contributed by atoms with E-state index in [-0.39, 0.29) is 12.1 Å². The summed E-state index contributed by atoms with van der Waals surface area (Å²) in [5, 5.41) is 8.68. The first-order chi connectivity index (χ1) is 8.29. The quantitative estimate of drug-likeness (QED) is 0.625. The summed E-state index contributed by atoms with van der Waals surface area (Å²) in [5.41, 5.74) is 6.23. The molecule has 0 aromatic heterocycles. The molecule has 0 bridgehead atoms. The summed E-state index contributed by atoms with van der Waals surface area (Å²) in [6, 6.07) is 0. The molecule has 0 aromatic rings. The van der Waals surface area contributed by atoms with Gasteiger partial charge in [-0.05, 0) is 19.4 Å². The molecule has 0 aromatic carbocycles. The van der Waals surface area contributed by atoms with Crippen LogP contribution in [0.25, 0.3) is 0 Å². The van der Waals surface area contributed by atoms with Gasteiger partial charge in [-0.1, -0.05) is 26.2 Å². The maximum Gasteiger partial charge on any atom is 0.0698 e. The molecule has 0 saturated heterocycles. The molecule has 0 atom stereocenters. The summed E-state index contributed by atoms with van der Waals surface area (Å²) in [6.45, 7) is 6.13. The monoisotopic (exact) mass is 244 g/mol. The van der Waals surface area contributed by atoms with Crippen LogP contribution in [-0.2, 0) is 4.74 Å². The second-order valence-corrected chi connectivity index (χ2v) is 4.90. The van der Waals surface area contributed by atoms with Crippen molar-refractivity contribution in [3.63, 3.8) is 0 Å². The van der Waals surface area contributed by atoms with Gasteiger partial charge in [0.25, 0.3) is 0 Å². The highest BCUT2D eigenvalue weighted by Gasteiger charge is 2.35. The van der Waals surface area contributed by atoms with Gasteiger partial charge in [0.2, 0.25) is 0 Å². The lowest BCUT2D eigenvalue weighted by Crippen LogP contribution is -2.55. The third-order valence-corrected chi connectivity index (χ3v) is 3.96. The van der Waals surface area contributed by atoms with E-state index in [4.69, 9.17) is 15.6 Å². The average Bonchev–Trinajstić information content (AvgIpc) is 2.39. The molecular weight excluding hydrogens is 216 g/mol. The molecule has 17 heavy (non-hydrogen) atoms. The molecule has 0 radical (unpaired) electrons.